The van der Waals surface area contributed by atoms with E-state index < -0.39 is 5.97 Å². The highest BCUT2D eigenvalue weighted by Gasteiger charge is 2.06. The summed E-state index contributed by atoms with van der Waals surface area (Å²) in [4.78, 5) is 18.1. The molecule has 1 aromatic heterocycles. The Kier molecular flexibility index (Phi) is 3.64. The molecule has 1 N–H and O–H groups in total. The minimum absolute atomic E-state index is 0.0171. The third-order valence-corrected chi connectivity index (χ3v) is 2.71. The Labute approximate surface area is 112 Å². The minimum atomic E-state index is -1.10. The number of rotatable bonds is 3. The summed E-state index contributed by atoms with van der Waals surface area (Å²) < 4.78 is 5.29. The van der Waals surface area contributed by atoms with Gasteiger partial charge in [-0.1, -0.05) is 23.2 Å². The van der Waals surface area contributed by atoms with Crippen LogP contribution in [0, 0.1) is 0 Å². The second-order valence-electron chi connectivity index (χ2n) is 3.24. The number of carbonyl (C=O) groups is 1. The monoisotopic (exact) mass is 284 g/mol. The van der Waals surface area contributed by atoms with Crippen molar-refractivity contribution in [3.63, 3.8) is 0 Å². The van der Waals surface area contributed by atoms with Crippen LogP contribution < -0.4 is 4.74 Å². The van der Waals surface area contributed by atoms with E-state index in [4.69, 9.17) is 33.0 Å². The van der Waals surface area contributed by atoms with Gasteiger partial charge in [0.2, 0.25) is 0 Å². The second kappa shape index (κ2) is 5.20. The highest BCUT2D eigenvalue weighted by molar-refractivity contribution is 6.42. The zero-order valence-corrected chi connectivity index (χ0v) is 10.3. The number of aromatic carboxylic acids is 1. The molecule has 0 radical (unpaired) electrons. The molecule has 92 valence electrons. The third kappa shape index (κ3) is 2.88. The second-order valence-corrected chi connectivity index (χ2v) is 4.05. The number of hydrogen-bond donors (Lipinski definition) is 1. The molecular formula is C11H6Cl2N2O3. The van der Waals surface area contributed by atoms with E-state index in [9.17, 15) is 4.79 Å². The maximum Gasteiger partial charge on any atom is 0.338 e. The van der Waals surface area contributed by atoms with Crippen LogP contribution >= 0.6 is 23.2 Å². The van der Waals surface area contributed by atoms with Crippen molar-refractivity contribution < 1.29 is 14.6 Å². The van der Waals surface area contributed by atoms with Crippen LogP contribution in [0.15, 0.2) is 30.6 Å². The quantitative estimate of drug-likeness (QED) is 0.936. The van der Waals surface area contributed by atoms with E-state index in [2.05, 4.69) is 9.97 Å². The van der Waals surface area contributed by atoms with Gasteiger partial charge in [0.25, 0.3) is 0 Å². The third-order valence-electron chi connectivity index (χ3n) is 1.98. The first-order valence-corrected chi connectivity index (χ1v) is 5.50. The number of carboxylic acids is 1. The average Bonchev–Trinajstić information content (AvgIpc) is 2.34. The van der Waals surface area contributed by atoms with E-state index in [1.807, 2.05) is 0 Å². The summed E-state index contributed by atoms with van der Waals surface area (Å²) in [5, 5.41) is 9.43. The van der Waals surface area contributed by atoms with E-state index in [-0.39, 0.29) is 11.6 Å². The molecular weight excluding hydrogens is 279 g/mol. The van der Waals surface area contributed by atoms with Gasteiger partial charge in [-0.25, -0.2) is 14.8 Å². The van der Waals surface area contributed by atoms with E-state index in [1.165, 1.54) is 6.07 Å². The molecule has 1 aromatic carbocycles. The summed E-state index contributed by atoms with van der Waals surface area (Å²) in [5.74, 6) is -0.691. The smallest absolute Gasteiger partial charge is 0.338 e. The first-order valence-electron chi connectivity index (χ1n) is 4.74. The summed E-state index contributed by atoms with van der Waals surface area (Å²) in [6.07, 6.45) is 2.31. The Balaban J connectivity index is 2.18. The average molecular weight is 285 g/mol. The lowest BCUT2D eigenvalue weighted by atomic mass is 10.3. The molecule has 7 heteroatoms. The predicted octanol–water partition coefficient (Wildman–Crippen LogP) is 3.27. The van der Waals surface area contributed by atoms with Crippen molar-refractivity contribution in [3.8, 4) is 11.8 Å². The fraction of sp³-hybridized carbons (Fsp3) is 0. The van der Waals surface area contributed by atoms with Crippen molar-refractivity contribution in [1.29, 1.82) is 0 Å². The molecule has 2 rings (SSSR count). The zero-order chi connectivity index (χ0) is 13.1. The molecule has 0 saturated carbocycles. The topological polar surface area (TPSA) is 72.3 Å². The maximum absolute atomic E-state index is 10.6. The Bertz CT molecular complexity index is 587. The molecule has 0 spiro atoms. The summed E-state index contributed by atoms with van der Waals surface area (Å²) >= 11 is 11.6. The molecule has 0 aliphatic heterocycles. The van der Waals surface area contributed by atoms with Crippen molar-refractivity contribution in [2.24, 2.45) is 0 Å². The normalized spacial score (nSPS) is 10.1. The van der Waals surface area contributed by atoms with E-state index in [1.54, 1.807) is 12.1 Å². The summed E-state index contributed by atoms with van der Waals surface area (Å²) in [7, 11) is 0. The Morgan fingerprint density at radius 3 is 2.39 bits per heavy atom. The molecule has 0 bridgehead atoms. The Morgan fingerprint density at radius 1 is 1.17 bits per heavy atom. The molecule has 0 atom stereocenters. The molecule has 1 heterocycles. The SMILES string of the molecule is O=C(O)c1cnc(Oc2ccc(Cl)c(Cl)c2)nc1. The van der Waals surface area contributed by atoms with Crippen LogP contribution in [0.25, 0.3) is 0 Å². The summed E-state index contributed by atoms with van der Waals surface area (Å²) in [6.45, 7) is 0. The van der Waals surface area contributed by atoms with Crippen LogP contribution in [0.5, 0.6) is 11.8 Å². The molecule has 0 fully saturated rings. The highest BCUT2D eigenvalue weighted by Crippen LogP contribution is 2.28. The highest BCUT2D eigenvalue weighted by atomic mass is 35.5. The van der Waals surface area contributed by atoms with Gasteiger partial charge in [-0.15, -0.1) is 0 Å². The van der Waals surface area contributed by atoms with Gasteiger partial charge >= 0.3 is 12.0 Å². The van der Waals surface area contributed by atoms with Crippen molar-refractivity contribution in [2.45, 2.75) is 0 Å². The van der Waals surface area contributed by atoms with Crippen LogP contribution in [0.1, 0.15) is 10.4 Å². The molecule has 0 aliphatic rings. The van der Waals surface area contributed by atoms with Gasteiger partial charge in [0.1, 0.15) is 5.75 Å². The maximum atomic E-state index is 10.6. The van der Waals surface area contributed by atoms with Gasteiger partial charge in [0.05, 0.1) is 15.6 Å². The van der Waals surface area contributed by atoms with Crippen LogP contribution in [-0.4, -0.2) is 21.0 Å². The van der Waals surface area contributed by atoms with E-state index in [0.29, 0.717) is 15.8 Å². The van der Waals surface area contributed by atoms with Crippen molar-refractivity contribution in [1.82, 2.24) is 9.97 Å². The number of benzene rings is 1. The molecule has 0 amide bonds. The molecule has 2 aromatic rings. The number of halogens is 2. The van der Waals surface area contributed by atoms with Gasteiger partial charge in [-0.2, -0.15) is 0 Å². The van der Waals surface area contributed by atoms with Crippen LogP contribution in [0.3, 0.4) is 0 Å². The first-order chi connectivity index (χ1) is 8.56. The minimum Gasteiger partial charge on any atom is -0.478 e. The Morgan fingerprint density at radius 2 is 1.83 bits per heavy atom. The lowest BCUT2D eigenvalue weighted by Gasteiger charge is -2.04. The van der Waals surface area contributed by atoms with Gasteiger partial charge in [-0.05, 0) is 12.1 Å². The fourth-order valence-corrected chi connectivity index (χ4v) is 1.41. The van der Waals surface area contributed by atoms with Gasteiger partial charge in [0.15, 0.2) is 0 Å². The molecule has 0 saturated heterocycles. The largest absolute Gasteiger partial charge is 0.478 e. The summed E-state index contributed by atoms with van der Waals surface area (Å²) in [5.41, 5.74) is -0.0171. The molecule has 18 heavy (non-hydrogen) atoms. The molecule has 0 aliphatic carbocycles. The van der Waals surface area contributed by atoms with Gasteiger partial charge in [-0.3, -0.25) is 0 Å². The van der Waals surface area contributed by atoms with Crippen LogP contribution in [-0.2, 0) is 0 Å². The predicted molar refractivity (Wildman–Crippen MR) is 65.5 cm³/mol. The number of carboxylic acid groups (broad SMARTS) is 1. The number of ether oxygens (including phenoxy) is 1. The number of nitrogens with zero attached hydrogens (tertiary/aromatic N) is 2. The standard InChI is InChI=1S/C11H6Cl2N2O3/c12-8-2-1-7(3-9(8)13)18-11-14-4-6(5-15-11)10(16)17/h1-5H,(H,16,17). The zero-order valence-electron chi connectivity index (χ0n) is 8.80. The number of hydrogen-bond acceptors (Lipinski definition) is 4. The first kappa shape index (κ1) is 12.6. The van der Waals surface area contributed by atoms with Crippen molar-refractivity contribution >= 4 is 29.2 Å². The van der Waals surface area contributed by atoms with Crippen LogP contribution in [0.4, 0.5) is 0 Å². The van der Waals surface area contributed by atoms with E-state index >= 15 is 0 Å². The molecule has 5 nitrogen and oxygen atoms in total. The van der Waals surface area contributed by atoms with Gasteiger partial charge in [0, 0.05) is 18.5 Å². The fourth-order valence-electron chi connectivity index (χ4n) is 1.13. The van der Waals surface area contributed by atoms with Gasteiger partial charge < -0.3 is 9.84 Å². The Hall–Kier alpha value is -1.85. The van der Waals surface area contributed by atoms with Crippen molar-refractivity contribution in [3.05, 3.63) is 46.2 Å². The molecule has 0 unspecified atom stereocenters. The van der Waals surface area contributed by atoms with Crippen LogP contribution in [0.2, 0.25) is 10.0 Å². The summed E-state index contributed by atoms with van der Waals surface area (Å²) in [6, 6.07) is 4.71. The lowest BCUT2D eigenvalue weighted by molar-refractivity contribution is 0.0696. The van der Waals surface area contributed by atoms with Crippen molar-refractivity contribution in [2.75, 3.05) is 0 Å². The number of aromatic nitrogens is 2. The lowest BCUT2D eigenvalue weighted by Crippen LogP contribution is -1.99. The van der Waals surface area contributed by atoms with E-state index in [0.717, 1.165) is 12.4 Å².